The molecule has 1 amide bonds. The Morgan fingerprint density at radius 2 is 1.79 bits per heavy atom. The van der Waals surface area contributed by atoms with Gasteiger partial charge in [-0.15, -0.1) is 11.3 Å². The number of benzene rings is 1. The van der Waals surface area contributed by atoms with Gasteiger partial charge in [0.25, 0.3) is 0 Å². The molecule has 3 rings (SSSR count). The molecule has 1 aromatic heterocycles. The fourth-order valence-electron chi connectivity index (χ4n) is 3.92. The van der Waals surface area contributed by atoms with E-state index in [0.717, 1.165) is 29.5 Å². The van der Waals surface area contributed by atoms with Crippen LogP contribution in [0.3, 0.4) is 0 Å². The Morgan fingerprint density at radius 1 is 1.10 bits per heavy atom. The van der Waals surface area contributed by atoms with E-state index in [2.05, 4.69) is 5.32 Å². The number of aryl methyl sites for hydroxylation is 2. The number of ether oxygens (including phenoxy) is 1. The van der Waals surface area contributed by atoms with E-state index in [0.29, 0.717) is 29.0 Å². The molecule has 29 heavy (non-hydrogen) atoms. The molecular weight excluding hydrogens is 390 g/mol. The van der Waals surface area contributed by atoms with Crippen LogP contribution in [0.2, 0.25) is 0 Å². The van der Waals surface area contributed by atoms with Gasteiger partial charge in [0.1, 0.15) is 10.6 Å². The number of esters is 1. The van der Waals surface area contributed by atoms with Crippen LogP contribution in [0.1, 0.15) is 47.2 Å². The third kappa shape index (κ3) is 4.34. The van der Waals surface area contributed by atoms with Crippen molar-refractivity contribution in [2.75, 3.05) is 12.4 Å². The van der Waals surface area contributed by atoms with E-state index in [9.17, 15) is 19.5 Å². The van der Waals surface area contributed by atoms with Crippen LogP contribution in [-0.4, -0.2) is 30.1 Å². The molecule has 2 atom stereocenters. The number of carboxylic acids is 1. The summed E-state index contributed by atoms with van der Waals surface area (Å²) in [6.07, 6.45) is 2.66. The van der Waals surface area contributed by atoms with Crippen molar-refractivity contribution in [1.82, 2.24) is 0 Å². The summed E-state index contributed by atoms with van der Waals surface area (Å²) in [6, 6.07) is 5.99. The molecule has 1 saturated carbocycles. The van der Waals surface area contributed by atoms with Crippen LogP contribution >= 0.6 is 11.3 Å². The molecule has 0 spiro atoms. The van der Waals surface area contributed by atoms with Gasteiger partial charge in [-0.2, -0.15) is 0 Å². The Morgan fingerprint density at radius 3 is 2.45 bits per heavy atom. The van der Waals surface area contributed by atoms with Crippen LogP contribution in [0, 0.1) is 25.7 Å². The Bertz CT molecular complexity index is 949. The Hall–Kier alpha value is -2.67. The molecule has 1 heterocycles. The lowest BCUT2D eigenvalue weighted by atomic mass is 9.78. The van der Waals surface area contributed by atoms with Gasteiger partial charge in [-0.25, -0.2) is 4.79 Å². The highest BCUT2D eigenvalue weighted by molar-refractivity contribution is 7.15. The predicted octanol–water partition coefficient (Wildman–Crippen LogP) is 4.65. The number of aliphatic carboxylic acids is 1. The second kappa shape index (κ2) is 8.78. The summed E-state index contributed by atoms with van der Waals surface area (Å²) in [5.74, 6) is -3.12. The van der Waals surface area contributed by atoms with Crippen LogP contribution in [-0.2, 0) is 14.3 Å². The van der Waals surface area contributed by atoms with E-state index < -0.39 is 23.8 Å². The fraction of sp³-hybridized carbons (Fsp3) is 0.409. The van der Waals surface area contributed by atoms with Crippen molar-refractivity contribution in [3.8, 4) is 11.1 Å². The third-order valence-corrected chi connectivity index (χ3v) is 6.42. The predicted molar refractivity (Wildman–Crippen MR) is 112 cm³/mol. The number of hydrogen-bond acceptors (Lipinski definition) is 5. The molecule has 2 N–H and O–H groups in total. The second-order valence-electron chi connectivity index (χ2n) is 7.49. The van der Waals surface area contributed by atoms with Gasteiger partial charge in [0, 0.05) is 10.9 Å². The van der Waals surface area contributed by atoms with Gasteiger partial charge in [-0.05, 0) is 37.8 Å². The Labute approximate surface area is 173 Å². The molecule has 154 valence electrons. The van der Waals surface area contributed by atoms with Crippen LogP contribution in [0.4, 0.5) is 5.00 Å². The maximum Gasteiger partial charge on any atom is 0.341 e. The van der Waals surface area contributed by atoms with Crippen LogP contribution in [0.15, 0.2) is 23.6 Å². The minimum Gasteiger partial charge on any atom is -0.481 e. The number of carboxylic acid groups (broad SMARTS) is 1. The molecule has 0 radical (unpaired) electrons. The van der Waals surface area contributed by atoms with Gasteiger partial charge in [0.15, 0.2) is 0 Å². The van der Waals surface area contributed by atoms with E-state index in [4.69, 9.17) is 4.74 Å². The van der Waals surface area contributed by atoms with Crippen molar-refractivity contribution >= 4 is 34.2 Å². The number of carbonyl (C=O) groups is 3. The van der Waals surface area contributed by atoms with E-state index in [1.54, 1.807) is 0 Å². The average Bonchev–Trinajstić information content (AvgIpc) is 3.12. The van der Waals surface area contributed by atoms with Gasteiger partial charge in [-0.1, -0.05) is 36.6 Å². The number of carbonyl (C=O) groups excluding carboxylic acids is 2. The van der Waals surface area contributed by atoms with Crippen molar-refractivity contribution < 1.29 is 24.2 Å². The summed E-state index contributed by atoms with van der Waals surface area (Å²) in [4.78, 5) is 37.0. The van der Waals surface area contributed by atoms with Crippen molar-refractivity contribution in [2.24, 2.45) is 11.8 Å². The number of nitrogens with one attached hydrogen (secondary N) is 1. The molecule has 0 saturated heterocycles. The highest BCUT2D eigenvalue weighted by Crippen LogP contribution is 2.39. The molecule has 7 heteroatoms. The van der Waals surface area contributed by atoms with E-state index in [1.807, 2.05) is 37.4 Å². The highest BCUT2D eigenvalue weighted by atomic mass is 32.1. The molecule has 0 aliphatic heterocycles. The lowest BCUT2D eigenvalue weighted by Crippen LogP contribution is -2.36. The van der Waals surface area contributed by atoms with Gasteiger partial charge in [-0.3, -0.25) is 9.59 Å². The zero-order valence-electron chi connectivity index (χ0n) is 16.8. The normalized spacial score (nSPS) is 18.9. The first-order valence-corrected chi connectivity index (χ1v) is 10.5. The molecule has 2 aromatic rings. The number of hydrogen-bond donors (Lipinski definition) is 2. The minimum atomic E-state index is -0.944. The summed E-state index contributed by atoms with van der Waals surface area (Å²) in [5.41, 5.74) is 3.99. The molecule has 1 aromatic carbocycles. The van der Waals surface area contributed by atoms with E-state index in [-0.39, 0.29) is 5.91 Å². The summed E-state index contributed by atoms with van der Waals surface area (Å²) >= 11 is 1.25. The van der Waals surface area contributed by atoms with E-state index >= 15 is 0 Å². The summed E-state index contributed by atoms with van der Waals surface area (Å²) in [5, 5.41) is 14.5. The second-order valence-corrected chi connectivity index (χ2v) is 8.37. The molecule has 1 aliphatic rings. The molecule has 0 bridgehead atoms. The van der Waals surface area contributed by atoms with Gasteiger partial charge in [0.05, 0.1) is 18.9 Å². The summed E-state index contributed by atoms with van der Waals surface area (Å²) in [6.45, 7) is 3.94. The zero-order valence-corrected chi connectivity index (χ0v) is 17.6. The van der Waals surface area contributed by atoms with Crippen molar-refractivity contribution in [1.29, 1.82) is 0 Å². The zero-order chi connectivity index (χ0) is 21.1. The smallest absolute Gasteiger partial charge is 0.341 e. The standard InChI is InChI=1S/C22H25NO5S/c1-12-8-9-13(2)16(10-12)17-11-29-20(18(17)22(27)28-3)23-19(24)14-6-4-5-7-15(14)21(25)26/h8-11,14-15H,4-7H2,1-3H3,(H,23,24)(H,25,26)/t14-,15-/m0/s1. The monoisotopic (exact) mass is 415 g/mol. The first kappa shape index (κ1) is 21.0. The topological polar surface area (TPSA) is 92.7 Å². The lowest BCUT2D eigenvalue weighted by Gasteiger charge is -2.27. The van der Waals surface area contributed by atoms with Crippen LogP contribution < -0.4 is 5.32 Å². The average molecular weight is 416 g/mol. The van der Waals surface area contributed by atoms with Crippen molar-refractivity contribution in [3.63, 3.8) is 0 Å². The quantitative estimate of drug-likeness (QED) is 0.694. The maximum absolute atomic E-state index is 12.9. The number of thiophene rings is 1. The van der Waals surface area contributed by atoms with Gasteiger partial charge < -0.3 is 15.2 Å². The first-order valence-electron chi connectivity index (χ1n) is 9.64. The van der Waals surface area contributed by atoms with E-state index in [1.165, 1.54) is 18.4 Å². The third-order valence-electron chi connectivity index (χ3n) is 5.52. The van der Waals surface area contributed by atoms with Crippen LogP contribution in [0.25, 0.3) is 11.1 Å². The van der Waals surface area contributed by atoms with Gasteiger partial charge >= 0.3 is 11.9 Å². The van der Waals surface area contributed by atoms with Crippen molar-refractivity contribution in [2.45, 2.75) is 39.5 Å². The summed E-state index contributed by atoms with van der Waals surface area (Å²) < 4.78 is 4.98. The van der Waals surface area contributed by atoms with Crippen molar-refractivity contribution in [3.05, 3.63) is 40.3 Å². The molecule has 1 aliphatic carbocycles. The highest BCUT2D eigenvalue weighted by Gasteiger charge is 2.36. The van der Waals surface area contributed by atoms with Crippen LogP contribution in [0.5, 0.6) is 0 Å². The Kier molecular flexibility index (Phi) is 6.37. The number of methoxy groups -OCH3 is 1. The molecule has 1 fully saturated rings. The maximum atomic E-state index is 12.9. The molecule has 6 nitrogen and oxygen atoms in total. The number of amides is 1. The SMILES string of the molecule is COC(=O)c1c(-c2cc(C)ccc2C)csc1NC(=O)[C@H]1CCCC[C@@H]1C(=O)O. The molecule has 0 unspecified atom stereocenters. The number of rotatable bonds is 5. The first-order chi connectivity index (χ1) is 13.8. The molecular formula is C22H25NO5S. The number of anilines is 1. The lowest BCUT2D eigenvalue weighted by molar-refractivity contribution is -0.147. The summed E-state index contributed by atoms with van der Waals surface area (Å²) in [7, 11) is 1.31. The largest absolute Gasteiger partial charge is 0.481 e. The minimum absolute atomic E-state index is 0.308. The Balaban J connectivity index is 1.97. The fourth-order valence-corrected chi connectivity index (χ4v) is 4.87. The van der Waals surface area contributed by atoms with Gasteiger partial charge in [0.2, 0.25) is 5.91 Å².